The lowest BCUT2D eigenvalue weighted by Gasteiger charge is -2.24. The van der Waals surface area contributed by atoms with Gasteiger partial charge >= 0.3 is 8.80 Å². The minimum atomic E-state index is -2.36. The zero-order valence-electron chi connectivity index (χ0n) is 9.25. The van der Waals surface area contributed by atoms with E-state index >= 15 is 0 Å². The average molecular weight is 220 g/mol. The van der Waals surface area contributed by atoms with Gasteiger partial charge in [-0.1, -0.05) is 0 Å². The monoisotopic (exact) mass is 220 g/mol. The van der Waals surface area contributed by atoms with Crippen LogP contribution in [0.25, 0.3) is 0 Å². The minimum Gasteiger partial charge on any atom is -0.374 e. The summed E-state index contributed by atoms with van der Waals surface area (Å²) in [7, 11) is -2.36. The van der Waals surface area contributed by atoms with E-state index in [0.717, 1.165) is 12.5 Å². The molecule has 5 heteroatoms. The third kappa shape index (κ3) is 3.03. The predicted octanol–water partition coefficient (Wildman–Crippen LogP) is 1.78. The highest BCUT2D eigenvalue weighted by atomic mass is 28.4. The van der Waals surface area contributed by atoms with Crippen LogP contribution in [0, 0.1) is 0 Å². The number of hydrogen-bond acceptors (Lipinski definition) is 4. The summed E-state index contributed by atoms with van der Waals surface area (Å²) in [6.45, 7) is 7.85. The van der Waals surface area contributed by atoms with Gasteiger partial charge in [-0.3, -0.25) is 0 Å². The molecular formula is C9H20O4Si. The van der Waals surface area contributed by atoms with Crippen LogP contribution in [0.4, 0.5) is 0 Å². The Morgan fingerprint density at radius 3 is 2.29 bits per heavy atom. The van der Waals surface area contributed by atoms with Gasteiger partial charge < -0.3 is 18.0 Å². The summed E-state index contributed by atoms with van der Waals surface area (Å²) in [5, 5.41) is 0. The molecule has 0 aromatic rings. The lowest BCUT2D eigenvalue weighted by Crippen LogP contribution is -2.43. The molecule has 1 unspecified atom stereocenters. The van der Waals surface area contributed by atoms with Gasteiger partial charge in [0.2, 0.25) is 0 Å². The van der Waals surface area contributed by atoms with Crippen molar-refractivity contribution in [1.82, 2.24) is 0 Å². The highest BCUT2D eigenvalue weighted by molar-refractivity contribution is 6.61. The molecule has 14 heavy (non-hydrogen) atoms. The molecule has 0 saturated carbocycles. The second kappa shape index (κ2) is 5.82. The van der Waals surface area contributed by atoms with E-state index in [9.17, 15) is 0 Å². The summed E-state index contributed by atoms with van der Waals surface area (Å²) in [5.41, 5.74) is 0. The van der Waals surface area contributed by atoms with Crippen molar-refractivity contribution in [2.24, 2.45) is 0 Å². The molecule has 1 fully saturated rings. The molecule has 0 aliphatic carbocycles. The van der Waals surface area contributed by atoms with E-state index in [4.69, 9.17) is 18.0 Å². The first-order valence-corrected chi connectivity index (χ1v) is 7.26. The first-order chi connectivity index (χ1) is 6.76. The van der Waals surface area contributed by atoms with Crippen molar-refractivity contribution in [3.63, 3.8) is 0 Å². The fourth-order valence-corrected chi connectivity index (χ4v) is 4.29. The maximum Gasteiger partial charge on any atom is 0.503 e. The molecule has 4 nitrogen and oxygen atoms in total. The van der Waals surface area contributed by atoms with Crippen LogP contribution in [0.2, 0.25) is 6.04 Å². The number of rotatable bonds is 6. The summed E-state index contributed by atoms with van der Waals surface area (Å²) in [5.74, 6) is 0. The molecule has 0 amide bonds. The first-order valence-electron chi connectivity index (χ1n) is 5.33. The van der Waals surface area contributed by atoms with Crippen molar-refractivity contribution < 1.29 is 18.0 Å². The topological polar surface area (TPSA) is 36.9 Å². The van der Waals surface area contributed by atoms with Crippen LogP contribution >= 0.6 is 0 Å². The molecule has 84 valence electrons. The molecule has 0 aromatic carbocycles. The van der Waals surface area contributed by atoms with Gasteiger partial charge in [-0.2, -0.15) is 0 Å². The van der Waals surface area contributed by atoms with Crippen molar-refractivity contribution in [2.75, 3.05) is 19.8 Å². The summed E-state index contributed by atoms with van der Waals surface area (Å²) >= 11 is 0. The number of hydrogen-bond donors (Lipinski definition) is 0. The Balaban J connectivity index is 2.45. The SMILES string of the molecule is CCOC1CC[Si](OCC)(OCC)O1. The predicted molar refractivity (Wildman–Crippen MR) is 54.9 cm³/mol. The van der Waals surface area contributed by atoms with Crippen molar-refractivity contribution >= 4 is 8.80 Å². The highest BCUT2D eigenvalue weighted by Crippen LogP contribution is 2.30. The van der Waals surface area contributed by atoms with E-state index in [-0.39, 0.29) is 6.29 Å². The van der Waals surface area contributed by atoms with Crippen molar-refractivity contribution in [3.05, 3.63) is 0 Å². The molecule has 1 heterocycles. The van der Waals surface area contributed by atoms with Gasteiger partial charge in [-0.25, -0.2) is 0 Å². The second-order valence-corrected chi connectivity index (χ2v) is 5.77. The van der Waals surface area contributed by atoms with Gasteiger partial charge in [0, 0.05) is 32.3 Å². The molecule has 1 rings (SSSR count). The van der Waals surface area contributed by atoms with Crippen LogP contribution in [0.1, 0.15) is 27.2 Å². The smallest absolute Gasteiger partial charge is 0.374 e. The summed E-state index contributed by atoms with van der Waals surface area (Å²) < 4.78 is 22.4. The van der Waals surface area contributed by atoms with Crippen LogP contribution in [-0.2, 0) is 18.0 Å². The Morgan fingerprint density at radius 1 is 1.14 bits per heavy atom. The zero-order chi connectivity index (χ0) is 10.4. The molecule has 1 aliphatic rings. The standard InChI is InChI=1S/C9H20O4Si/c1-4-10-9-7-8-14(13-9,11-5-2)12-6-3/h9H,4-8H2,1-3H3. The van der Waals surface area contributed by atoms with Crippen molar-refractivity contribution in [2.45, 2.75) is 39.5 Å². The molecule has 0 bridgehead atoms. The average Bonchev–Trinajstić information content (AvgIpc) is 2.51. The van der Waals surface area contributed by atoms with E-state index < -0.39 is 8.80 Å². The summed E-state index contributed by atoms with van der Waals surface area (Å²) in [4.78, 5) is 0. The quantitative estimate of drug-likeness (QED) is 0.639. The second-order valence-electron chi connectivity index (χ2n) is 3.09. The van der Waals surface area contributed by atoms with Crippen LogP contribution in [0.5, 0.6) is 0 Å². The van der Waals surface area contributed by atoms with Crippen molar-refractivity contribution in [1.29, 1.82) is 0 Å². The first kappa shape index (κ1) is 12.1. The maximum atomic E-state index is 5.74. The molecule has 0 radical (unpaired) electrons. The van der Waals surface area contributed by atoms with E-state index in [1.54, 1.807) is 0 Å². The lowest BCUT2D eigenvalue weighted by molar-refractivity contribution is -0.0928. The van der Waals surface area contributed by atoms with Gasteiger partial charge in [0.25, 0.3) is 0 Å². The Morgan fingerprint density at radius 2 is 1.79 bits per heavy atom. The summed E-state index contributed by atoms with van der Waals surface area (Å²) in [6.07, 6.45) is 0.768. The highest BCUT2D eigenvalue weighted by Gasteiger charge is 2.48. The molecule has 1 atom stereocenters. The zero-order valence-corrected chi connectivity index (χ0v) is 10.2. The van der Waals surface area contributed by atoms with Crippen LogP contribution in [0.15, 0.2) is 0 Å². The third-order valence-corrected chi connectivity index (χ3v) is 5.06. The Bertz CT molecular complexity index is 159. The van der Waals surface area contributed by atoms with Gasteiger partial charge in [0.15, 0.2) is 6.29 Å². The van der Waals surface area contributed by atoms with Gasteiger partial charge in [0.1, 0.15) is 0 Å². The van der Waals surface area contributed by atoms with E-state index in [0.29, 0.717) is 19.8 Å². The molecule has 1 saturated heterocycles. The minimum absolute atomic E-state index is 0.121. The molecular weight excluding hydrogens is 200 g/mol. The number of ether oxygens (including phenoxy) is 1. The van der Waals surface area contributed by atoms with Crippen LogP contribution in [-0.4, -0.2) is 34.9 Å². The normalized spacial score (nSPS) is 25.5. The molecule has 1 aliphatic heterocycles. The fourth-order valence-electron chi connectivity index (χ4n) is 1.61. The van der Waals surface area contributed by atoms with Gasteiger partial charge in [-0.05, 0) is 20.8 Å². The van der Waals surface area contributed by atoms with Crippen LogP contribution < -0.4 is 0 Å². The molecule has 0 N–H and O–H groups in total. The van der Waals surface area contributed by atoms with Crippen LogP contribution in [0.3, 0.4) is 0 Å². The molecule has 0 aromatic heterocycles. The lowest BCUT2D eigenvalue weighted by atomic mass is 10.5. The Labute approximate surface area is 86.9 Å². The Kier molecular flexibility index (Phi) is 5.04. The maximum absolute atomic E-state index is 5.74. The van der Waals surface area contributed by atoms with E-state index in [2.05, 4.69) is 0 Å². The van der Waals surface area contributed by atoms with E-state index in [1.165, 1.54) is 0 Å². The van der Waals surface area contributed by atoms with Gasteiger partial charge in [-0.15, -0.1) is 0 Å². The largest absolute Gasteiger partial charge is 0.503 e. The van der Waals surface area contributed by atoms with Gasteiger partial charge in [0.05, 0.1) is 0 Å². The van der Waals surface area contributed by atoms with E-state index in [1.807, 2.05) is 20.8 Å². The third-order valence-electron chi connectivity index (χ3n) is 2.08. The van der Waals surface area contributed by atoms with Crippen molar-refractivity contribution in [3.8, 4) is 0 Å². The summed E-state index contributed by atoms with van der Waals surface area (Å²) in [6, 6.07) is 0.874. The fraction of sp³-hybridized carbons (Fsp3) is 1.00. The molecule has 0 spiro atoms. The Hall–Kier alpha value is 0.0569.